The van der Waals surface area contributed by atoms with Crippen molar-refractivity contribution in [1.29, 1.82) is 0 Å². The highest BCUT2D eigenvalue weighted by Gasteiger charge is 2.46. The lowest BCUT2D eigenvalue weighted by Gasteiger charge is -2.38. The number of hydrogen-bond donors (Lipinski definition) is 1. The molecule has 1 N–H and O–H groups in total. The van der Waals surface area contributed by atoms with Gasteiger partial charge in [0.05, 0.1) is 8.95 Å². The van der Waals surface area contributed by atoms with Gasteiger partial charge in [0.25, 0.3) is 5.79 Å². The summed E-state index contributed by atoms with van der Waals surface area (Å²) in [7, 11) is 0. The number of phenolic OH excluding ortho intramolecular Hbond substituents is 1. The third-order valence-corrected chi connectivity index (χ3v) is 5.17. The number of carbonyl (C=O) groups is 2. The molecule has 1 aromatic carbocycles. The van der Waals surface area contributed by atoms with E-state index in [2.05, 4.69) is 31.9 Å². The van der Waals surface area contributed by atoms with E-state index in [-0.39, 0.29) is 11.3 Å². The van der Waals surface area contributed by atoms with Crippen LogP contribution >= 0.6 is 31.9 Å². The molecule has 3 rings (SSSR count). The Morgan fingerprint density at radius 1 is 1.00 bits per heavy atom. The lowest BCUT2D eigenvalue weighted by Crippen LogP contribution is -2.47. The highest BCUT2D eigenvalue weighted by atomic mass is 79.9. The van der Waals surface area contributed by atoms with Crippen molar-refractivity contribution in [2.24, 2.45) is 0 Å². The molecule has 122 valence electrons. The molecule has 0 atom stereocenters. The van der Waals surface area contributed by atoms with Crippen molar-refractivity contribution in [3.05, 3.63) is 32.2 Å². The van der Waals surface area contributed by atoms with E-state index < -0.39 is 17.7 Å². The van der Waals surface area contributed by atoms with Gasteiger partial charge in [-0.3, -0.25) is 0 Å². The average Bonchev–Trinajstić information content (AvgIpc) is 2.49. The standard InChI is InChI=1S/C16H14Br2O5/c17-11-7-9(8-12(18)13(11)19)6-10-14(20)22-16(23-15(10)21)4-2-1-3-5-16/h6-8,19H,1-5H2. The molecule has 0 aromatic heterocycles. The fraction of sp³-hybridized carbons (Fsp3) is 0.375. The second kappa shape index (κ2) is 6.28. The Bertz CT molecular complexity index is 659. The summed E-state index contributed by atoms with van der Waals surface area (Å²) in [6.45, 7) is 0. The molecule has 2 aliphatic rings. The van der Waals surface area contributed by atoms with Crippen LogP contribution in [0.2, 0.25) is 0 Å². The number of carbonyl (C=O) groups excluding carboxylic acids is 2. The highest BCUT2D eigenvalue weighted by molar-refractivity contribution is 9.11. The highest BCUT2D eigenvalue weighted by Crippen LogP contribution is 2.38. The lowest BCUT2D eigenvalue weighted by atomic mass is 9.93. The minimum absolute atomic E-state index is 0.0436. The number of phenols is 1. The van der Waals surface area contributed by atoms with Gasteiger partial charge in [-0.25, -0.2) is 9.59 Å². The van der Waals surface area contributed by atoms with Crippen molar-refractivity contribution >= 4 is 49.9 Å². The third-order valence-electron chi connectivity index (χ3n) is 3.96. The number of hydrogen-bond acceptors (Lipinski definition) is 5. The van der Waals surface area contributed by atoms with Crippen LogP contribution in [0.4, 0.5) is 0 Å². The Hall–Kier alpha value is -1.34. The minimum Gasteiger partial charge on any atom is -0.506 e. The molecular weight excluding hydrogens is 432 g/mol. The van der Waals surface area contributed by atoms with Gasteiger partial charge in [-0.2, -0.15) is 0 Å². The van der Waals surface area contributed by atoms with E-state index in [1.807, 2.05) is 0 Å². The monoisotopic (exact) mass is 444 g/mol. The van der Waals surface area contributed by atoms with Gasteiger partial charge < -0.3 is 14.6 Å². The first-order valence-corrected chi connectivity index (χ1v) is 8.85. The molecule has 1 aliphatic heterocycles. The quantitative estimate of drug-likeness (QED) is 0.401. The van der Waals surface area contributed by atoms with Crippen LogP contribution in [0.5, 0.6) is 5.75 Å². The summed E-state index contributed by atoms with van der Waals surface area (Å²) in [6, 6.07) is 3.19. The van der Waals surface area contributed by atoms with Gasteiger partial charge >= 0.3 is 11.9 Å². The molecular formula is C16H14Br2O5. The van der Waals surface area contributed by atoms with Crippen molar-refractivity contribution in [2.45, 2.75) is 37.9 Å². The Labute approximate surface area is 149 Å². The molecule has 1 heterocycles. The number of benzene rings is 1. The SMILES string of the molecule is O=C1OC2(CCCCC2)OC(=O)C1=Cc1cc(Br)c(O)c(Br)c1. The molecule has 23 heavy (non-hydrogen) atoms. The van der Waals surface area contributed by atoms with Crippen LogP contribution in [0.15, 0.2) is 26.7 Å². The molecule has 1 aromatic rings. The summed E-state index contributed by atoms with van der Waals surface area (Å²) in [4.78, 5) is 24.5. The maximum absolute atomic E-state index is 12.3. The van der Waals surface area contributed by atoms with Crippen molar-refractivity contribution < 1.29 is 24.2 Å². The first kappa shape index (κ1) is 16.5. The fourth-order valence-corrected chi connectivity index (χ4v) is 4.02. The number of aromatic hydroxyl groups is 1. The predicted molar refractivity (Wildman–Crippen MR) is 89.5 cm³/mol. The van der Waals surface area contributed by atoms with Crippen molar-refractivity contribution in [3.8, 4) is 5.75 Å². The Kier molecular flexibility index (Phi) is 4.51. The summed E-state index contributed by atoms with van der Waals surface area (Å²) in [6.07, 6.45) is 5.29. The maximum Gasteiger partial charge on any atom is 0.348 e. The second-order valence-corrected chi connectivity index (χ2v) is 7.35. The van der Waals surface area contributed by atoms with E-state index in [1.54, 1.807) is 12.1 Å². The van der Waals surface area contributed by atoms with E-state index in [0.29, 0.717) is 27.4 Å². The molecule has 1 saturated carbocycles. The van der Waals surface area contributed by atoms with Gasteiger partial charge in [-0.1, -0.05) is 6.42 Å². The third kappa shape index (κ3) is 3.30. The molecule has 1 aliphatic carbocycles. The zero-order valence-corrected chi connectivity index (χ0v) is 15.3. The van der Waals surface area contributed by atoms with Crippen LogP contribution in [0.3, 0.4) is 0 Å². The number of halogens is 2. The van der Waals surface area contributed by atoms with Crippen LogP contribution in [0.1, 0.15) is 37.7 Å². The molecule has 0 amide bonds. The minimum atomic E-state index is -1.08. The summed E-state index contributed by atoms with van der Waals surface area (Å²) in [5.74, 6) is -2.37. The molecule has 7 heteroatoms. The van der Waals surface area contributed by atoms with Crippen molar-refractivity contribution in [1.82, 2.24) is 0 Å². The zero-order chi connectivity index (χ0) is 16.6. The van der Waals surface area contributed by atoms with E-state index in [9.17, 15) is 14.7 Å². The normalized spacial score (nSPS) is 20.2. The van der Waals surface area contributed by atoms with Crippen molar-refractivity contribution in [3.63, 3.8) is 0 Å². The van der Waals surface area contributed by atoms with E-state index in [0.717, 1.165) is 19.3 Å². The summed E-state index contributed by atoms with van der Waals surface area (Å²) in [5, 5.41) is 9.71. The molecule has 1 saturated heterocycles. The van der Waals surface area contributed by atoms with Crippen LogP contribution < -0.4 is 0 Å². The number of esters is 2. The lowest BCUT2D eigenvalue weighted by molar-refractivity contribution is -0.244. The van der Waals surface area contributed by atoms with Gasteiger partial charge in [0.2, 0.25) is 0 Å². The second-order valence-electron chi connectivity index (χ2n) is 5.64. The van der Waals surface area contributed by atoms with Crippen molar-refractivity contribution in [2.75, 3.05) is 0 Å². The molecule has 0 radical (unpaired) electrons. The zero-order valence-electron chi connectivity index (χ0n) is 12.1. The van der Waals surface area contributed by atoms with Gasteiger partial charge in [0.15, 0.2) is 0 Å². The van der Waals surface area contributed by atoms with Gasteiger partial charge in [0, 0.05) is 12.8 Å². The van der Waals surface area contributed by atoms with Crippen LogP contribution in [0.25, 0.3) is 6.08 Å². The van der Waals surface area contributed by atoms with Crippen LogP contribution in [-0.2, 0) is 19.1 Å². The van der Waals surface area contributed by atoms with Gasteiger partial charge in [-0.05, 0) is 68.5 Å². The fourth-order valence-electron chi connectivity index (χ4n) is 2.80. The first-order chi connectivity index (χ1) is 10.9. The predicted octanol–water partition coefficient (Wildman–Crippen LogP) is 4.06. The number of ether oxygens (including phenoxy) is 2. The Morgan fingerprint density at radius 2 is 1.52 bits per heavy atom. The van der Waals surface area contributed by atoms with E-state index >= 15 is 0 Å². The van der Waals surface area contributed by atoms with Gasteiger partial charge in [0.1, 0.15) is 11.3 Å². The molecule has 0 unspecified atom stereocenters. The van der Waals surface area contributed by atoms with E-state index in [1.165, 1.54) is 6.08 Å². The molecule has 1 spiro atoms. The smallest absolute Gasteiger partial charge is 0.348 e. The van der Waals surface area contributed by atoms with E-state index in [4.69, 9.17) is 9.47 Å². The largest absolute Gasteiger partial charge is 0.506 e. The van der Waals surface area contributed by atoms with Crippen LogP contribution in [0, 0.1) is 0 Å². The Balaban J connectivity index is 1.89. The first-order valence-electron chi connectivity index (χ1n) is 7.27. The summed E-state index contributed by atoms with van der Waals surface area (Å²) in [5.41, 5.74) is 0.413. The summed E-state index contributed by atoms with van der Waals surface area (Å²) >= 11 is 6.42. The Morgan fingerprint density at radius 3 is 2.04 bits per heavy atom. The summed E-state index contributed by atoms with van der Waals surface area (Å²) < 4.78 is 11.8. The average molecular weight is 446 g/mol. The maximum atomic E-state index is 12.3. The molecule has 2 fully saturated rings. The van der Waals surface area contributed by atoms with Crippen LogP contribution in [-0.4, -0.2) is 22.8 Å². The molecule has 0 bridgehead atoms. The topological polar surface area (TPSA) is 72.8 Å². The molecule has 5 nitrogen and oxygen atoms in total. The number of rotatable bonds is 1. The van der Waals surface area contributed by atoms with Gasteiger partial charge in [-0.15, -0.1) is 0 Å².